The summed E-state index contributed by atoms with van der Waals surface area (Å²) in [5, 5.41) is 22.0. The van der Waals surface area contributed by atoms with Crippen molar-refractivity contribution in [1.29, 1.82) is 0 Å². The molecule has 4 aromatic rings. The molecule has 6 rings (SSSR count). The Hall–Kier alpha value is -6.50. The Morgan fingerprint density at radius 3 is 2.11 bits per heavy atom. The standard InChI is InChI=1S/C53H70N8O10/c1-6-7-10-19-48(63)71-45-23-21-40(30-46(45)69-34-41-31-54-60-59-41)32-61(24-26-68-27-25-61)33-47(62)56-42(22-20-38-15-11-8-12-16-38)51(66)55-37(4)50(65)58-44(29-39-17-13-9-14-18-39)52(67)57-43(28-36(2)3)49(64)53(5)35-70-53/h8-9,11-18,21,23,30-31,36-37,42-44H,6-7,10,19-20,22,24-29,32-35H2,1-5H3,(H4-,54,55,56,57,58,59,60,62,65,66,67)/p+1/t37-,42-,43-,44-,53+/m0/s1. The molecule has 18 nitrogen and oxygen atoms in total. The first-order chi connectivity index (χ1) is 34.1. The minimum absolute atomic E-state index is 0.0136. The van der Waals surface area contributed by atoms with Gasteiger partial charge in [0, 0.05) is 24.6 Å². The third-order valence-corrected chi connectivity index (χ3v) is 12.8. The zero-order valence-corrected chi connectivity index (χ0v) is 41.7. The average Bonchev–Trinajstić information content (AvgIpc) is 3.88. The van der Waals surface area contributed by atoms with E-state index in [2.05, 4.69) is 43.6 Å². The van der Waals surface area contributed by atoms with Crippen LogP contribution < -0.4 is 30.7 Å². The predicted molar refractivity (Wildman–Crippen MR) is 263 cm³/mol. The lowest BCUT2D eigenvalue weighted by Crippen LogP contribution is -2.60. The zero-order chi connectivity index (χ0) is 50.8. The molecule has 2 fully saturated rings. The van der Waals surface area contributed by atoms with Crippen LogP contribution in [0, 0.1) is 5.92 Å². The third kappa shape index (κ3) is 16.8. The number of H-pyrrole nitrogens is 1. The first-order valence-electron chi connectivity index (χ1n) is 24.9. The highest BCUT2D eigenvalue weighted by Gasteiger charge is 2.50. The maximum Gasteiger partial charge on any atom is 0.311 e. The van der Waals surface area contributed by atoms with Gasteiger partial charge in [-0.05, 0) is 74.8 Å². The van der Waals surface area contributed by atoms with Gasteiger partial charge in [-0.1, -0.05) is 99.5 Å². The number of hydrogen-bond acceptors (Lipinski definition) is 12. The molecule has 0 saturated carbocycles. The highest BCUT2D eigenvalue weighted by atomic mass is 16.6. The van der Waals surface area contributed by atoms with Crippen LogP contribution in [-0.2, 0) is 64.2 Å². The molecule has 0 radical (unpaired) electrons. The number of ether oxygens (including phenoxy) is 4. The fraction of sp³-hybridized carbons (Fsp3) is 0.509. The lowest BCUT2D eigenvalue weighted by atomic mass is 9.93. The van der Waals surface area contributed by atoms with Gasteiger partial charge in [0.05, 0.1) is 25.9 Å². The number of unbranched alkanes of at least 4 members (excludes halogenated alkanes) is 2. The van der Waals surface area contributed by atoms with E-state index < -0.39 is 47.5 Å². The van der Waals surface area contributed by atoms with E-state index in [4.69, 9.17) is 18.9 Å². The van der Waals surface area contributed by atoms with Crippen LogP contribution in [0.5, 0.6) is 11.5 Å². The Balaban J connectivity index is 1.16. The number of ketones is 1. The minimum atomic E-state index is -1.12. The molecule has 2 aliphatic rings. The second-order valence-corrected chi connectivity index (χ2v) is 19.4. The third-order valence-electron chi connectivity index (χ3n) is 12.8. The number of rotatable bonds is 28. The molecule has 0 unspecified atom stereocenters. The van der Waals surface area contributed by atoms with Crippen LogP contribution >= 0.6 is 0 Å². The SMILES string of the molecule is CCCCCC(=O)Oc1ccc(C[N+]2(CC(=O)N[C@@H](CCc3ccccc3)C(=O)N[C@@H](C)C(=O)N[C@@H](Cc3ccccc3)C(=O)N[C@@H](CC(C)C)C(=O)[C@@]3(C)CO3)CCOCC2)cc1OCc1c[nH]nn1. The van der Waals surface area contributed by atoms with Crippen LogP contribution in [0.4, 0.5) is 0 Å². The average molecular weight is 980 g/mol. The van der Waals surface area contributed by atoms with E-state index in [1.165, 1.54) is 6.92 Å². The Morgan fingerprint density at radius 1 is 0.789 bits per heavy atom. The first kappa shape index (κ1) is 53.8. The number of carbonyl (C=O) groups excluding carboxylic acids is 6. The van der Waals surface area contributed by atoms with E-state index in [0.29, 0.717) is 68.0 Å². The van der Waals surface area contributed by atoms with Gasteiger partial charge in [-0.3, -0.25) is 33.9 Å². The van der Waals surface area contributed by atoms with Crippen LogP contribution in [0.1, 0.15) is 95.5 Å². The molecular formula is C53H71N8O10+. The Bertz CT molecular complexity index is 2370. The van der Waals surface area contributed by atoms with E-state index in [1.807, 2.05) is 86.6 Å². The lowest BCUT2D eigenvalue weighted by molar-refractivity contribution is -0.940. The second kappa shape index (κ2) is 26.1. The summed E-state index contributed by atoms with van der Waals surface area (Å²) in [5.74, 6) is -1.97. The summed E-state index contributed by atoms with van der Waals surface area (Å²) >= 11 is 0. The molecule has 3 aromatic carbocycles. The highest BCUT2D eigenvalue weighted by molar-refractivity contribution is 5.98. The lowest BCUT2D eigenvalue weighted by Gasteiger charge is -2.41. The summed E-state index contributed by atoms with van der Waals surface area (Å²) < 4.78 is 23.4. The molecule has 382 valence electrons. The maximum absolute atomic E-state index is 14.3. The zero-order valence-electron chi connectivity index (χ0n) is 41.7. The number of aromatic amines is 1. The number of carbonyl (C=O) groups is 6. The van der Waals surface area contributed by atoms with Gasteiger partial charge in [0.2, 0.25) is 17.7 Å². The normalized spacial score (nSPS) is 17.7. The molecule has 3 heterocycles. The summed E-state index contributed by atoms with van der Waals surface area (Å²) in [6.45, 7) is 11.8. The fourth-order valence-electron chi connectivity index (χ4n) is 8.58. The van der Waals surface area contributed by atoms with Gasteiger partial charge in [-0.15, -0.1) is 5.10 Å². The van der Waals surface area contributed by atoms with Crippen molar-refractivity contribution in [2.24, 2.45) is 5.92 Å². The van der Waals surface area contributed by atoms with Crippen LogP contribution in [0.2, 0.25) is 0 Å². The number of amides is 4. The highest BCUT2D eigenvalue weighted by Crippen LogP contribution is 2.32. The quantitative estimate of drug-likeness (QED) is 0.0175. The summed E-state index contributed by atoms with van der Waals surface area (Å²) in [4.78, 5) is 82.8. The number of hydrogen-bond donors (Lipinski definition) is 5. The number of aromatic nitrogens is 3. The molecule has 18 heteroatoms. The largest absolute Gasteiger partial charge is 0.483 e. The first-order valence-corrected chi connectivity index (χ1v) is 24.9. The maximum atomic E-state index is 14.3. The van der Waals surface area contributed by atoms with Crippen molar-refractivity contribution in [2.75, 3.05) is 39.5 Å². The number of esters is 1. The Labute approximate surface area is 416 Å². The molecule has 0 bridgehead atoms. The molecule has 0 aliphatic carbocycles. The van der Waals surface area contributed by atoms with Gasteiger partial charge in [0.25, 0.3) is 5.91 Å². The van der Waals surface area contributed by atoms with E-state index in [9.17, 15) is 28.8 Å². The van der Waals surface area contributed by atoms with Crippen molar-refractivity contribution in [3.63, 3.8) is 0 Å². The van der Waals surface area contributed by atoms with E-state index in [-0.39, 0.29) is 68.3 Å². The van der Waals surface area contributed by atoms with Crippen LogP contribution in [0.25, 0.3) is 0 Å². The van der Waals surface area contributed by atoms with Gasteiger partial charge in [-0.2, -0.15) is 0 Å². The Kier molecular flexibility index (Phi) is 19.8. The van der Waals surface area contributed by atoms with Crippen LogP contribution in [-0.4, -0.2) is 124 Å². The van der Waals surface area contributed by atoms with Crippen LogP contribution in [0.15, 0.2) is 85.1 Å². The molecule has 2 saturated heterocycles. The summed E-state index contributed by atoms with van der Waals surface area (Å²) in [7, 11) is 0. The number of Topliss-reactive ketones (excluding diaryl/α,β-unsaturated/α-hetero) is 1. The molecule has 71 heavy (non-hydrogen) atoms. The van der Waals surface area contributed by atoms with Crippen molar-refractivity contribution in [1.82, 2.24) is 36.7 Å². The molecule has 1 aromatic heterocycles. The van der Waals surface area contributed by atoms with Crippen molar-refractivity contribution < 1.29 is 52.2 Å². The van der Waals surface area contributed by atoms with Gasteiger partial charge in [0.15, 0.2) is 23.8 Å². The molecule has 0 spiro atoms. The van der Waals surface area contributed by atoms with E-state index >= 15 is 0 Å². The predicted octanol–water partition coefficient (Wildman–Crippen LogP) is 4.46. The summed E-state index contributed by atoms with van der Waals surface area (Å²) in [6.07, 6.45) is 5.69. The van der Waals surface area contributed by atoms with Crippen molar-refractivity contribution >= 4 is 35.4 Å². The molecule has 2 aliphatic heterocycles. The minimum Gasteiger partial charge on any atom is -0.483 e. The van der Waals surface area contributed by atoms with Gasteiger partial charge < -0.3 is 44.7 Å². The summed E-state index contributed by atoms with van der Waals surface area (Å²) in [6, 6.07) is 20.1. The number of nitrogens with one attached hydrogen (secondary N) is 5. The summed E-state index contributed by atoms with van der Waals surface area (Å²) in [5.41, 5.74) is 2.17. The number of aryl methyl sites for hydroxylation is 1. The second-order valence-electron chi connectivity index (χ2n) is 19.4. The van der Waals surface area contributed by atoms with Crippen molar-refractivity contribution in [2.45, 2.75) is 129 Å². The number of nitrogens with zero attached hydrogens (tertiary/aromatic N) is 3. The van der Waals surface area contributed by atoms with Gasteiger partial charge in [0.1, 0.15) is 55.7 Å². The molecule has 5 N–H and O–H groups in total. The van der Waals surface area contributed by atoms with Gasteiger partial charge >= 0.3 is 5.97 Å². The number of quaternary nitrogens is 1. The molecule has 5 atom stereocenters. The number of benzene rings is 3. The smallest absolute Gasteiger partial charge is 0.311 e. The molecule has 4 amide bonds. The number of epoxide rings is 1. The fourth-order valence-corrected chi connectivity index (χ4v) is 8.58. The van der Waals surface area contributed by atoms with Crippen molar-refractivity contribution in [3.8, 4) is 11.5 Å². The number of morpholine rings is 1. The van der Waals surface area contributed by atoms with E-state index in [0.717, 1.165) is 29.5 Å². The topological polar surface area (TPSA) is 232 Å². The Morgan fingerprint density at radius 2 is 1.46 bits per heavy atom. The molecular weight excluding hydrogens is 909 g/mol. The van der Waals surface area contributed by atoms with Crippen molar-refractivity contribution in [3.05, 3.63) is 107 Å². The van der Waals surface area contributed by atoms with E-state index in [1.54, 1.807) is 19.2 Å². The van der Waals surface area contributed by atoms with Gasteiger partial charge in [-0.25, -0.2) is 0 Å². The van der Waals surface area contributed by atoms with Crippen LogP contribution in [0.3, 0.4) is 0 Å². The monoisotopic (exact) mass is 980 g/mol.